The molecule has 3 rings (SSSR count). The molecular formula is C18H14ClF2N3O2. The molecular weight excluding hydrogens is 364 g/mol. The Balaban J connectivity index is 1.79. The number of pyridine rings is 2. The van der Waals surface area contributed by atoms with E-state index in [1.807, 2.05) is 0 Å². The van der Waals surface area contributed by atoms with Gasteiger partial charge in [-0.1, -0.05) is 17.7 Å². The predicted octanol–water partition coefficient (Wildman–Crippen LogP) is 3.27. The molecule has 134 valence electrons. The molecule has 0 spiro atoms. The van der Waals surface area contributed by atoms with Gasteiger partial charge in [0.1, 0.15) is 16.8 Å². The van der Waals surface area contributed by atoms with Crippen molar-refractivity contribution in [2.45, 2.75) is 19.4 Å². The molecule has 0 aliphatic rings. The van der Waals surface area contributed by atoms with Gasteiger partial charge in [-0.3, -0.25) is 9.59 Å². The normalized spacial score (nSPS) is 12.2. The van der Waals surface area contributed by atoms with Crippen LogP contribution in [-0.4, -0.2) is 15.9 Å². The molecule has 0 saturated carbocycles. The van der Waals surface area contributed by atoms with Crippen LogP contribution in [0.4, 0.5) is 8.78 Å². The number of fused-ring (bicyclic) bond motifs is 1. The van der Waals surface area contributed by atoms with Crippen LogP contribution in [0.5, 0.6) is 0 Å². The highest BCUT2D eigenvalue weighted by Crippen LogP contribution is 2.20. The topological polar surface area (TPSA) is 74.8 Å². The van der Waals surface area contributed by atoms with Gasteiger partial charge in [-0.2, -0.15) is 0 Å². The molecule has 26 heavy (non-hydrogen) atoms. The quantitative estimate of drug-likeness (QED) is 0.685. The fourth-order valence-corrected chi connectivity index (χ4v) is 2.88. The number of carbonyl (C=O) groups excluding carboxylic acids is 1. The summed E-state index contributed by atoms with van der Waals surface area (Å²) in [5, 5.41) is 3.32. The van der Waals surface area contributed by atoms with Gasteiger partial charge in [0.25, 0.3) is 5.56 Å². The number of hydrogen-bond donors (Lipinski definition) is 2. The van der Waals surface area contributed by atoms with Crippen molar-refractivity contribution in [1.82, 2.24) is 15.3 Å². The number of halogens is 3. The van der Waals surface area contributed by atoms with Crippen LogP contribution in [0.15, 0.2) is 41.3 Å². The monoisotopic (exact) mass is 377 g/mol. The van der Waals surface area contributed by atoms with Crippen molar-refractivity contribution < 1.29 is 13.6 Å². The zero-order valence-corrected chi connectivity index (χ0v) is 14.4. The summed E-state index contributed by atoms with van der Waals surface area (Å²) in [7, 11) is 0. The highest BCUT2D eigenvalue weighted by Gasteiger charge is 2.16. The van der Waals surface area contributed by atoms with Gasteiger partial charge in [-0.15, -0.1) is 0 Å². The smallest absolute Gasteiger partial charge is 0.252 e. The van der Waals surface area contributed by atoms with Crippen molar-refractivity contribution in [2.75, 3.05) is 0 Å². The van der Waals surface area contributed by atoms with Crippen molar-refractivity contribution in [3.8, 4) is 0 Å². The SMILES string of the molecule is C[C@H](NC(=O)Cc1cc2c(Cl)nccc2[nH]c1=O)c1ccc(F)cc1F. The average Bonchev–Trinajstić information content (AvgIpc) is 2.56. The number of hydrogen-bond acceptors (Lipinski definition) is 3. The van der Waals surface area contributed by atoms with Gasteiger partial charge >= 0.3 is 0 Å². The molecule has 8 heteroatoms. The van der Waals surface area contributed by atoms with Crippen LogP contribution in [0.2, 0.25) is 5.15 Å². The Morgan fingerprint density at radius 1 is 1.31 bits per heavy atom. The lowest BCUT2D eigenvalue weighted by Crippen LogP contribution is -2.30. The van der Waals surface area contributed by atoms with Gasteiger partial charge in [0.05, 0.1) is 18.0 Å². The second-order valence-corrected chi connectivity index (χ2v) is 6.18. The van der Waals surface area contributed by atoms with Gasteiger partial charge in [0.15, 0.2) is 0 Å². The number of aromatic nitrogens is 2. The summed E-state index contributed by atoms with van der Waals surface area (Å²) in [6.07, 6.45) is 1.25. The number of amides is 1. The third kappa shape index (κ3) is 3.72. The Kier molecular flexibility index (Phi) is 4.99. The average molecular weight is 378 g/mol. The van der Waals surface area contributed by atoms with E-state index in [0.29, 0.717) is 10.9 Å². The van der Waals surface area contributed by atoms with E-state index in [1.165, 1.54) is 18.3 Å². The van der Waals surface area contributed by atoms with E-state index in [2.05, 4.69) is 15.3 Å². The lowest BCUT2D eigenvalue weighted by molar-refractivity contribution is -0.121. The minimum absolute atomic E-state index is 0.152. The molecule has 0 fully saturated rings. The fraction of sp³-hybridized carbons (Fsp3) is 0.167. The second kappa shape index (κ2) is 7.21. The maximum atomic E-state index is 13.8. The number of nitrogens with one attached hydrogen (secondary N) is 2. The standard InChI is InChI=1S/C18H14ClF2N3O2/c1-9(12-3-2-11(20)8-14(12)21)23-16(25)7-10-6-13-15(24-18(10)26)4-5-22-17(13)19/h2-6,8-9H,7H2,1H3,(H,23,25)(H,24,26)/t9-/m0/s1. The van der Waals surface area contributed by atoms with Crippen LogP contribution in [0, 0.1) is 11.6 Å². The van der Waals surface area contributed by atoms with Crippen molar-refractivity contribution in [1.29, 1.82) is 0 Å². The largest absolute Gasteiger partial charge is 0.349 e. The highest BCUT2D eigenvalue weighted by atomic mass is 35.5. The van der Waals surface area contributed by atoms with Gasteiger partial charge in [-0.05, 0) is 25.1 Å². The minimum atomic E-state index is -0.751. The summed E-state index contributed by atoms with van der Waals surface area (Å²) in [4.78, 5) is 30.9. The molecule has 0 aliphatic heterocycles. The van der Waals surface area contributed by atoms with Gasteiger partial charge in [-0.25, -0.2) is 13.8 Å². The Hall–Kier alpha value is -2.80. The molecule has 1 atom stereocenters. The maximum absolute atomic E-state index is 13.8. The molecule has 2 N–H and O–H groups in total. The van der Waals surface area contributed by atoms with Crippen LogP contribution in [0.25, 0.3) is 10.9 Å². The predicted molar refractivity (Wildman–Crippen MR) is 94.0 cm³/mol. The van der Waals surface area contributed by atoms with Crippen molar-refractivity contribution in [3.05, 3.63) is 74.8 Å². The lowest BCUT2D eigenvalue weighted by atomic mass is 10.1. The molecule has 1 aromatic carbocycles. The van der Waals surface area contributed by atoms with Crippen molar-refractivity contribution in [3.63, 3.8) is 0 Å². The van der Waals surface area contributed by atoms with Crippen LogP contribution in [0.3, 0.4) is 0 Å². The van der Waals surface area contributed by atoms with Crippen LogP contribution >= 0.6 is 11.6 Å². The summed E-state index contributed by atoms with van der Waals surface area (Å²) in [6.45, 7) is 1.57. The molecule has 5 nitrogen and oxygen atoms in total. The molecule has 3 aromatic rings. The molecule has 2 heterocycles. The summed E-state index contributed by atoms with van der Waals surface area (Å²) in [6, 6.07) is 5.56. The van der Waals surface area contributed by atoms with E-state index >= 15 is 0 Å². The fourth-order valence-electron chi connectivity index (χ4n) is 2.66. The van der Waals surface area contributed by atoms with E-state index < -0.39 is 29.1 Å². The first-order valence-corrected chi connectivity index (χ1v) is 8.13. The molecule has 1 amide bonds. The van der Waals surface area contributed by atoms with Crippen LogP contribution < -0.4 is 10.9 Å². The van der Waals surface area contributed by atoms with Crippen LogP contribution in [-0.2, 0) is 11.2 Å². The van der Waals surface area contributed by atoms with E-state index in [0.717, 1.165) is 12.1 Å². The summed E-state index contributed by atoms with van der Waals surface area (Å²) in [5.74, 6) is -1.93. The first-order valence-electron chi connectivity index (χ1n) is 7.76. The first kappa shape index (κ1) is 18.0. The van der Waals surface area contributed by atoms with E-state index in [9.17, 15) is 18.4 Å². The molecule has 0 bridgehead atoms. The summed E-state index contributed by atoms with van der Waals surface area (Å²) < 4.78 is 26.8. The Bertz CT molecular complexity index is 1050. The zero-order chi connectivity index (χ0) is 18.8. The molecule has 0 saturated heterocycles. The molecule has 0 unspecified atom stereocenters. The number of H-pyrrole nitrogens is 1. The summed E-state index contributed by atoms with van der Waals surface area (Å²) >= 11 is 6.01. The number of rotatable bonds is 4. The Labute approximate surface area is 152 Å². The van der Waals surface area contributed by atoms with E-state index in [1.54, 1.807) is 13.0 Å². The van der Waals surface area contributed by atoms with Crippen molar-refractivity contribution in [2.24, 2.45) is 0 Å². The number of aromatic amines is 1. The maximum Gasteiger partial charge on any atom is 0.252 e. The van der Waals surface area contributed by atoms with E-state index in [4.69, 9.17) is 11.6 Å². The summed E-state index contributed by atoms with van der Waals surface area (Å²) in [5.41, 5.74) is 0.451. The van der Waals surface area contributed by atoms with Gasteiger partial charge in [0.2, 0.25) is 5.91 Å². The molecule has 0 radical (unpaired) electrons. The Morgan fingerprint density at radius 3 is 2.81 bits per heavy atom. The number of carbonyl (C=O) groups is 1. The van der Waals surface area contributed by atoms with Crippen molar-refractivity contribution >= 4 is 28.4 Å². The first-order chi connectivity index (χ1) is 12.3. The highest BCUT2D eigenvalue weighted by molar-refractivity contribution is 6.34. The molecule has 2 aromatic heterocycles. The molecule has 0 aliphatic carbocycles. The van der Waals surface area contributed by atoms with Gasteiger partial charge in [0, 0.05) is 28.8 Å². The lowest BCUT2D eigenvalue weighted by Gasteiger charge is -2.15. The number of nitrogens with zero attached hydrogens (tertiary/aromatic N) is 1. The van der Waals surface area contributed by atoms with Gasteiger partial charge < -0.3 is 10.3 Å². The van der Waals surface area contributed by atoms with E-state index in [-0.39, 0.29) is 22.7 Å². The Morgan fingerprint density at radius 2 is 2.08 bits per heavy atom. The minimum Gasteiger partial charge on any atom is -0.349 e. The number of benzene rings is 1. The third-order valence-electron chi connectivity index (χ3n) is 3.96. The zero-order valence-electron chi connectivity index (χ0n) is 13.6. The third-order valence-corrected chi connectivity index (χ3v) is 4.26. The van der Waals surface area contributed by atoms with Crippen LogP contribution in [0.1, 0.15) is 24.1 Å². The second-order valence-electron chi connectivity index (χ2n) is 5.82.